The Hall–Kier alpha value is -3.59. The number of carboxylic acid groups (broad SMARTS) is 1. The first-order chi connectivity index (χ1) is 21.5. The molecule has 0 fully saturated rings. The van der Waals surface area contributed by atoms with Gasteiger partial charge in [-0.15, -0.1) is 0 Å². The van der Waals surface area contributed by atoms with Gasteiger partial charge in [0, 0.05) is 34.9 Å². The fourth-order valence-corrected chi connectivity index (χ4v) is 5.82. The molecule has 9 heteroatoms. The molecule has 0 bridgehead atoms. The molecule has 1 N–H and O–H groups in total. The van der Waals surface area contributed by atoms with Crippen molar-refractivity contribution in [3.05, 3.63) is 88.4 Å². The lowest BCUT2D eigenvalue weighted by Crippen LogP contribution is -2.44. The van der Waals surface area contributed by atoms with Crippen molar-refractivity contribution in [3.63, 3.8) is 0 Å². The number of carboxylic acids is 1. The maximum atomic E-state index is 13.8. The Labute approximate surface area is 271 Å². The van der Waals surface area contributed by atoms with Gasteiger partial charge in [-0.2, -0.15) is 0 Å². The number of para-hydroxylation sites is 1. The molecule has 1 heterocycles. The zero-order chi connectivity index (χ0) is 32.6. The molecule has 0 saturated heterocycles. The summed E-state index contributed by atoms with van der Waals surface area (Å²) in [5.41, 5.74) is 2.99. The third kappa shape index (κ3) is 9.45. The van der Waals surface area contributed by atoms with Crippen LogP contribution in [-0.4, -0.2) is 68.4 Å². The summed E-state index contributed by atoms with van der Waals surface area (Å²) in [6.45, 7) is 8.81. The zero-order valence-electron chi connectivity index (χ0n) is 26.9. The van der Waals surface area contributed by atoms with Gasteiger partial charge in [-0.3, -0.25) is 9.59 Å². The molecule has 0 saturated carbocycles. The van der Waals surface area contributed by atoms with E-state index in [9.17, 15) is 14.7 Å². The lowest BCUT2D eigenvalue weighted by atomic mass is 9.94. The van der Waals surface area contributed by atoms with Crippen LogP contribution in [0.2, 0.25) is 5.02 Å². The molecule has 4 rings (SSSR count). The van der Waals surface area contributed by atoms with E-state index < -0.39 is 30.5 Å². The summed E-state index contributed by atoms with van der Waals surface area (Å²) in [6.07, 6.45) is 0.442. The van der Waals surface area contributed by atoms with Gasteiger partial charge in [0.05, 0.1) is 20.1 Å². The average Bonchev–Trinajstić information content (AvgIpc) is 3.09. The number of fused-ring (bicyclic) bond motifs is 1. The standard InChI is InChI=1S/C36H45ClN2O6/c1-36(2,3)24-39-29-18-17-26(37)22-28(29)33(45-31(35(39)42)23-32(40)41)27-15-9-16-30(34(27)43-5)44-21-11-20-38(4)19-10-14-25-12-7-6-8-13-25/h6-9,12-13,15-18,22,31,33H,10-11,14,19-21,23-24H2,1-5H3,(H,40,41)/t31-,33-/m0/s1. The first kappa shape index (κ1) is 34.3. The Morgan fingerprint density at radius 1 is 1.02 bits per heavy atom. The first-order valence-electron chi connectivity index (χ1n) is 15.5. The molecule has 0 spiro atoms. The van der Waals surface area contributed by atoms with Gasteiger partial charge in [-0.1, -0.05) is 74.8 Å². The van der Waals surface area contributed by atoms with Crippen LogP contribution < -0.4 is 14.4 Å². The fraction of sp³-hybridized carbons (Fsp3) is 0.444. The lowest BCUT2D eigenvalue weighted by molar-refractivity contribution is -0.147. The Bertz CT molecular complexity index is 1440. The molecular formula is C36H45ClN2O6. The molecule has 1 aliphatic heterocycles. The van der Waals surface area contributed by atoms with E-state index >= 15 is 0 Å². The fourth-order valence-electron chi connectivity index (χ4n) is 5.64. The molecule has 0 unspecified atom stereocenters. The van der Waals surface area contributed by atoms with Crippen LogP contribution >= 0.6 is 11.6 Å². The number of halogens is 1. The molecule has 2 atom stereocenters. The molecule has 0 radical (unpaired) electrons. The molecule has 45 heavy (non-hydrogen) atoms. The largest absolute Gasteiger partial charge is 0.492 e. The van der Waals surface area contributed by atoms with Gasteiger partial charge in [0.15, 0.2) is 11.5 Å². The van der Waals surface area contributed by atoms with Crippen molar-refractivity contribution in [3.8, 4) is 11.5 Å². The number of carbonyl (C=O) groups is 2. The summed E-state index contributed by atoms with van der Waals surface area (Å²) >= 11 is 6.49. The number of amides is 1. The van der Waals surface area contributed by atoms with Gasteiger partial charge in [-0.05, 0) is 68.1 Å². The van der Waals surface area contributed by atoms with Crippen molar-refractivity contribution in [2.45, 2.75) is 58.7 Å². The maximum absolute atomic E-state index is 13.8. The minimum Gasteiger partial charge on any atom is -0.492 e. The zero-order valence-corrected chi connectivity index (χ0v) is 27.7. The molecule has 3 aromatic rings. The van der Waals surface area contributed by atoms with Gasteiger partial charge in [0.1, 0.15) is 12.2 Å². The van der Waals surface area contributed by atoms with E-state index in [-0.39, 0.29) is 5.41 Å². The Morgan fingerprint density at radius 3 is 2.44 bits per heavy atom. The van der Waals surface area contributed by atoms with E-state index in [1.54, 1.807) is 30.2 Å². The van der Waals surface area contributed by atoms with Crippen molar-refractivity contribution in [2.24, 2.45) is 5.41 Å². The van der Waals surface area contributed by atoms with E-state index in [0.29, 0.717) is 46.5 Å². The minimum absolute atomic E-state index is 0.262. The molecule has 8 nitrogen and oxygen atoms in total. The molecular weight excluding hydrogens is 592 g/mol. The number of hydrogen-bond acceptors (Lipinski definition) is 6. The van der Waals surface area contributed by atoms with Crippen molar-refractivity contribution in [1.29, 1.82) is 0 Å². The SMILES string of the molecule is COc1c(OCCCN(C)CCCc2ccccc2)cccc1[C@@H]1O[C@@H](CC(=O)O)C(=O)N(CC(C)(C)C)c2ccc(Cl)cc21. The van der Waals surface area contributed by atoms with Crippen molar-refractivity contribution in [2.75, 3.05) is 45.3 Å². The average molecular weight is 637 g/mol. The predicted molar refractivity (Wildman–Crippen MR) is 178 cm³/mol. The summed E-state index contributed by atoms with van der Waals surface area (Å²) in [4.78, 5) is 29.6. The van der Waals surface area contributed by atoms with Crippen molar-refractivity contribution < 1.29 is 28.9 Å². The summed E-state index contributed by atoms with van der Waals surface area (Å²) in [6, 6.07) is 21.3. The number of methoxy groups -OCH3 is 1. The van der Waals surface area contributed by atoms with Crippen LogP contribution in [0.1, 0.15) is 62.8 Å². The second kappa shape index (κ2) is 15.6. The lowest BCUT2D eigenvalue weighted by Gasteiger charge is -2.31. The number of anilines is 1. The normalized spacial score (nSPS) is 16.8. The Kier molecular flexibility index (Phi) is 11.9. The molecule has 242 valence electrons. The number of nitrogens with zero attached hydrogens (tertiary/aromatic N) is 2. The summed E-state index contributed by atoms with van der Waals surface area (Å²) in [5, 5.41) is 10.2. The third-order valence-electron chi connectivity index (χ3n) is 7.68. The quantitative estimate of drug-likeness (QED) is 0.190. The highest BCUT2D eigenvalue weighted by Crippen LogP contribution is 2.45. The number of aliphatic carboxylic acids is 1. The smallest absolute Gasteiger partial charge is 0.306 e. The second-order valence-corrected chi connectivity index (χ2v) is 13.2. The molecule has 3 aromatic carbocycles. The molecule has 0 aliphatic carbocycles. The Morgan fingerprint density at radius 2 is 1.76 bits per heavy atom. The van der Waals surface area contributed by atoms with Crippen molar-refractivity contribution in [1.82, 2.24) is 4.90 Å². The van der Waals surface area contributed by atoms with E-state index in [4.69, 9.17) is 25.8 Å². The van der Waals surface area contributed by atoms with Gasteiger partial charge >= 0.3 is 5.97 Å². The van der Waals surface area contributed by atoms with E-state index in [0.717, 1.165) is 32.4 Å². The van der Waals surface area contributed by atoms with Gasteiger partial charge in [0.2, 0.25) is 0 Å². The molecule has 0 aromatic heterocycles. The highest BCUT2D eigenvalue weighted by molar-refractivity contribution is 6.30. The molecule has 1 aliphatic rings. The Balaban J connectivity index is 1.54. The number of rotatable bonds is 14. The van der Waals surface area contributed by atoms with Crippen LogP contribution in [-0.2, 0) is 20.7 Å². The summed E-state index contributed by atoms with van der Waals surface area (Å²) < 4.78 is 18.5. The first-order valence-corrected chi connectivity index (χ1v) is 15.8. The van der Waals surface area contributed by atoms with Crippen LogP contribution in [0.15, 0.2) is 66.7 Å². The number of aryl methyl sites for hydroxylation is 1. The second-order valence-electron chi connectivity index (χ2n) is 12.8. The van der Waals surface area contributed by atoms with Crippen LogP contribution in [0.3, 0.4) is 0 Å². The van der Waals surface area contributed by atoms with Crippen molar-refractivity contribution >= 4 is 29.2 Å². The minimum atomic E-state index is -1.22. The number of benzene rings is 3. The van der Waals surface area contributed by atoms with Crippen LogP contribution in [0, 0.1) is 5.41 Å². The summed E-state index contributed by atoms with van der Waals surface area (Å²) in [7, 11) is 3.68. The van der Waals surface area contributed by atoms with Crippen LogP contribution in [0.25, 0.3) is 0 Å². The highest BCUT2D eigenvalue weighted by Gasteiger charge is 2.40. The van der Waals surface area contributed by atoms with Crippen LogP contribution in [0.5, 0.6) is 11.5 Å². The highest BCUT2D eigenvalue weighted by atomic mass is 35.5. The van der Waals surface area contributed by atoms with Gasteiger partial charge < -0.3 is 29.1 Å². The van der Waals surface area contributed by atoms with Gasteiger partial charge in [-0.25, -0.2) is 0 Å². The van der Waals surface area contributed by atoms with Crippen LogP contribution in [0.4, 0.5) is 5.69 Å². The van der Waals surface area contributed by atoms with E-state index in [1.165, 1.54) is 5.56 Å². The topological polar surface area (TPSA) is 88.5 Å². The maximum Gasteiger partial charge on any atom is 0.306 e. The third-order valence-corrected chi connectivity index (χ3v) is 7.92. The monoisotopic (exact) mass is 636 g/mol. The van der Waals surface area contributed by atoms with E-state index in [1.807, 2.05) is 45.0 Å². The summed E-state index contributed by atoms with van der Waals surface area (Å²) in [5.74, 6) is -0.514. The predicted octanol–water partition coefficient (Wildman–Crippen LogP) is 7.02. The van der Waals surface area contributed by atoms with E-state index in [2.05, 4.69) is 36.2 Å². The molecule has 1 amide bonds. The number of ether oxygens (including phenoxy) is 3. The number of carbonyl (C=O) groups excluding carboxylic acids is 1. The van der Waals surface area contributed by atoms with Gasteiger partial charge in [0.25, 0.3) is 5.91 Å². The number of hydrogen-bond donors (Lipinski definition) is 1.